The van der Waals surface area contributed by atoms with Crippen LogP contribution in [0.15, 0.2) is 35.3 Å². The van der Waals surface area contributed by atoms with Gasteiger partial charge in [0.1, 0.15) is 42.3 Å². The van der Waals surface area contributed by atoms with Crippen molar-refractivity contribution in [1.82, 2.24) is 42.5 Å². The maximum absolute atomic E-state index is 13.6. The molecule has 404 valence electrons. The summed E-state index contributed by atoms with van der Waals surface area (Å²) in [5.74, 6) is -12.0. The second-order valence-corrected chi connectivity index (χ2v) is 18.0. The number of benzene rings is 1. The van der Waals surface area contributed by atoms with Crippen molar-refractivity contribution < 1.29 is 68.4 Å². The zero-order chi connectivity index (χ0) is 54.8. The summed E-state index contributed by atoms with van der Waals surface area (Å²) in [5.41, 5.74) is 17.5. The number of nitrogens with two attached hydrogens (primary N) is 3. The third-order valence-corrected chi connectivity index (χ3v) is 11.5. The number of hydrogen-bond donors (Lipinski definition) is 15. The summed E-state index contributed by atoms with van der Waals surface area (Å²) >= 11 is 0. The van der Waals surface area contributed by atoms with Gasteiger partial charge in [-0.2, -0.15) is 0 Å². The van der Waals surface area contributed by atoms with Crippen LogP contribution in [0, 0.1) is 17.8 Å². The molecule has 8 amide bonds. The number of amides is 8. The van der Waals surface area contributed by atoms with Crippen LogP contribution in [0.1, 0.15) is 92.6 Å². The fourth-order valence-corrected chi connectivity index (χ4v) is 6.90. The van der Waals surface area contributed by atoms with Gasteiger partial charge >= 0.3 is 11.9 Å². The van der Waals surface area contributed by atoms with Gasteiger partial charge < -0.3 is 80.2 Å². The number of nitrogens with zero attached hydrogens (tertiary/aromatic N) is 1. The Kier molecular flexibility index (Phi) is 28.1. The van der Waals surface area contributed by atoms with Crippen LogP contribution in [0.5, 0.6) is 0 Å². The van der Waals surface area contributed by atoms with Crippen molar-refractivity contribution in [3.63, 3.8) is 0 Å². The predicted octanol–water partition coefficient (Wildman–Crippen LogP) is -3.81. The average Bonchev–Trinajstić information content (AvgIpc) is 3.31. The summed E-state index contributed by atoms with van der Waals surface area (Å²) in [6.07, 6.45) is -1.70. The average molecular weight is 1020 g/mol. The minimum atomic E-state index is -1.75. The van der Waals surface area contributed by atoms with Gasteiger partial charge in [0.25, 0.3) is 0 Å². The van der Waals surface area contributed by atoms with E-state index in [0.29, 0.717) is 18.4 Å². The number of hydrogen-bond acceptors (Lipinski definition) is 14. The second-order valence-electron chi connectivity index (χ2n) is 18.0. The van der Waals surface area contributed by atoms with Crippen molar-refractivity contribution in [3.05, 3.63) is 35.9 Å². The summed E-state index contributed by atoms with van der Waals surface area (Å²) in [6.45, 7) is 9.52. The van der Waals surface area contributed by atoms with Crippen molar-refractivity contribution >= 4 is 65.2 Å². The van der Waals surface area contributed by atoms with Gasteiger partial charge in [0.2, 0.25) is 47.3 Å². The highest BCUT2D eigenvalue weighted by Gasteiger charge is 2.37. The van der Waals surface area contributed by atoms with Gasteiger partial charge in [-0.1, -0.05) is 84.7 Å². The van der Waals surface area contributed by atoms with E-state index < -0.39 is 145 Å². The monoisotopic (exact) mass is 1020 g/mol. The molecule has 0 radical (unpaired) electrons. The normalized spacial score (nSPS) is 15.7. The maximum atomic E-state index is 13.6. The summed E-state index contributed by atoms with van der Waals surface area (Å²) in [7, 11) is 0. The smallest absolute Gasteiger partial charge is 0.326 e. The Balaban J connectivity index is 3.19. The van der Waals surface area contributed by atoms with E-state index in [2.05, 4.69) is 47.5 Å². The molecule has 0 aliphatic heterocycles. The number of carboxylic acids is 2. The van der Waals surface area contributed by atoms with Crippen molar-refractivity contribution in [1.29, 1.82) is 0 Å². The molecule has 72 heavy (non-hydrogen) atoms. The molecule has 26 nitrogen and oxygen atoms in total. The molecule has 0 saturated heterocycles. The molecular formula is C46H76N12O14. The third kappa shape index (κ3) is 22.9. The van der Waals surface area contributed by atoms with Gasteiger partial charge in [0, 0.05) is 6.54 Å². The number of rotatable bonds is 33. The van der Waals surface area contributed by atoms with E-state index in [0.717, 1.165) is 6.92 Å². The highest BCUT2D eigenvalue weighted by Crippen LogP contribution is 2.14. The topological polar surface area (TPSA) is 438 Å². The molecule has 0 heterocycles. The number of nitrogens with one attached hydrogen (secondary N) is 8. The van der Waals surface area contributed by atoms with E-state index in [-0.39, 0.29) is 44.1 Å². The Bertz CT molecular complexity index is 2020. The standard InChI is InChI=1S/C46H76N12O14/c1-8-24(5)35(43(69)57-36(45(71)72)25(6)9-2)56-44(70)37(26(7)60)58-42(68)32(22-59)55-40(66)30(18-23(3)4)52-33(61)21-51-39(65)29(16-13-17-50-46(48)49)53-41(67)31(20-34(62)63)54-38(64)28(47)19-27-14-11-10-12-15-27/h10-12,14-15,23-26,28-32,35-37,59-60H,8-9,13,16-22,47H2,1-7H3,(H,51,65)(H,52,61)(H,53,67)(H,54,64)(H,55,66)(H,56,70)(H,57,69)(H,58,68)(H,62,63)(H,71,72)(H4,48,49,50). The summed E-state index contributed by atoms with van der Waals surface area (Å²) < 4.78 is 0. The lowest BCUT2D eigenvalue weighted by atomic mass is 9.95. The van der Waals surface area contributed by atoms with Gasteiger partial charge in [-0.05, 0) is 55.9 Å². The molecule has 0 aliphatic rings. The summed E-state index contributed by atoms with van der Waals surface area (Å²) in [5, 5.41) is 59.0. The molecule has 26 heteroatoms. The minimum Gasteiger partial charge on any atom is -0.481 e. The quantitative estimate of drug-likeness (QED) is 0.0182. The zero-order valence-electron chi connectivity index (χ0n) is 41.9. The fourth-order valence-electron chi connectivity index (χ4n) is 6.90. The first-order valence-corrected chi connectivity index (χ1v) is 23.7. The first-order chi connectivity index (χ1) is 33.8. The van der Waals surface area contributed by atoms with E-state index in [1.807, 2.05) is 0 Å². The van der Waals surface area contributed by atoms with E-state index >= 15 is 0 Å². The molecule has 0 aliphatic carbocycles. The number of aliphatic carboxylic acids is 2. The highest BCUT2D eigenvalue weighted by molar-refractivity contribution is 5.98. The van der Waals surface area contributed by atoms with Crippen LogP contribution < -0.4 is 59.7 Å². The van der Waals surface area contributed by atoms with Crippen LogP contribution in [-0.4, -0.2) is 160 Å². The number of carbonyl (C=O) groups excluding carboxylic acids is 8. The van der Waals surface area contributed by atoms with Crippen molar-refractivity contribution in [2.24, 2.45) is 39.9 Å². The first kappa shape index (κ1) is 63.1. The van der Waals surface area contributed by atoms with E-state index in [9.17, 15) is 68.4 Å². The highest BCUT2D eigenvalue weighted by atomic mass is 16.4. The molecule has 0 saturated carbocycles. The van der Waals surface area contributed by atoms with Gasteiger partial charge in [-0.25, -0.2) is 4.79 Å². The van der Waals surface area contributed by atoms with Gasteiger partial charge in [-0.15, -0.1) is 0 Å². The molecule has 0 aromatic heterocycles. The van der Waals surface area contributed by atoms with Gasteiger partial charge in [0.05, 0.1) is 31.7 Å². The molecule has 1 aromatic carbocycles. The number of guanidine groups is 1. The lowest BCUT2D eigenvalue weighted by Crippen LogP contribution is -2.62. The minimum absolute atomic E-state index is 0.00438. The molecule has 0 spiro atoms. The Labute approximate surface area is 418 Å². The van der Waals surface area contributed by atoms with Gasteiger partial charge in [0.15, 0.2) is 5.96 Å². The Morgan fingerprint density at radius 2 is 1.14 bits per heavy atom. The number of aliphatic imine (C=N–C) groups is 1. The van der Waals surface area contributed by atoms with Crippen LogP contribution >= 0.6 is 0 Å². The molecule has 0 fully saturated rings. The fraction of sp³-hybridized carbons (Fsp3) is 0.630. The number of aliphatic hydroxyl groups excluding tert-OH is 2. The SMILES string of the molecule is CCC(C)C(NC(=O)C(NC(=O)C(NC(=O)C(CO)NC(=O)C(CC(C)C)NC(=O)CNC(=O)C(CCCN=C(N)N)NC(=O)C(CC(=O)O)NC(=O)C(N)Cc1ccccc1)C(C)O)C(C)CC)C(=O)O. The maximum Gasteiger partial charge on any atom is 0.326 e. The second kappa shape index (κ2) is 32.1. The predicted molar refractivity (Wildman–Crippen MR) is 262 cm³/mol. The molecular weight excluding hydrogens is 945 g/mol. The molecule has 11 atom stereocenters. The van der Waals surface area contributed by atoms with Crippen molar-refractivity contribution in [3.8, 4) is 0 Å². The zero-order valence-corrected chi connectivity index (χ0v) is 41.9. The molecule has 0 bridgehead atoms. The van der Waals surface area contributed by atoms with Crippen LogP contribution in [-0.2, 0) is 54.4 Å². The Morgan fingerprint density at radius 1 is 0.625 bits per heavy atom. The van der Waals surface area contributed by atoms with Crippen LogP contribution in [0.2, 0.25) is 0 Å². The van der Waals surface area contributed by atoms with Gasteiger partial charge in [-0.3, -0.25) is 48.1 Å². The number of aliphatic hydroxyl groups is 2. The third-order valence-electron chi connectivity index (χ3n) is 11.5. The van der Waals surface area contributed by atoms with E-state index in [1.165, 1.54) is 0 Å². The Morgan fingerprint density at radius 3 is 1.67 bits per heavy atom. The van der Waals surface area contributed by atoms with E-state index in [1.54, 1.807) is 71.9 Å². The largest absolute Gasteiger partial charge is 0.481 e. The van der Waals surface area contributed by atoms with Crippen LogP contribution in [0.25, 0.3) is 0 Å². The van der Waals surface area contributed by atoms with Crippen molar-refractivity contribution in [2.75, 3.05) is 19.7 Å². The number of carboxylic acid groups (broad SMARTS) is 2. The van der Waals surface area contributed by atoms with Crippen LogP contribution in [0.3, 0.4) is 0 Å². The lowest BCUT2D eigenvalue weighted by molar-refractivity contribution is -0.144. The molecule has 18 N–H and O–H groups in total. The number of carbonyl (C=O) groups is 10. The first-order valence-electron chi connectivity index (χ1n) is 23.7. The Hall–Kier alpha value is -6.93. The lowest BCUT2D eigenvalue weighted by Gasteiger charge is -2.30. The molecule has 1 aromatic rings. The molecule has 1 rings (SSSR count). The van der Waals surface area contributed by atoms with Crippen LogP contribution in [0.4, 0.5) is 0 Å². The molecule has 11 unspecified atom stereocenters. The van der Waals surface area contributed by atoms with E-state index in [4.69, 9.17) is 17.2 Å². The van der Waals surface area contributed by atoms with Crippen molar-refractivity contribution in [2.45, 2.75) is 148 Å². The summed E-state index contributed by atoms with van der Waals surface area (Å²) in [6, 6.07) is -3.05. The summed E-state index contributed by atoms with van der Waals surface area (Å²) in [4.78, 5) is 135.